The molecule has 7 nitrogen and oxygen atoms in total. The second-order valence-corrected chi connectivity index (χ2v) is 7.46. The van der Waals surface area contributed by atoms with Crippen LogP contribution in [0.2, 0.25) is 0 Å². The van der Waals surface area contributed by atoms with Crippen molar-refractivity contribution in [3.05, 3.63) is 87.7 Å². The number of para-hydroxylation sites is 2. The van der Waals surface area contributed by atoms with Crippen molar-refractivity contribution in [2.45, 2.75) is 27.3 Å². The third-order valence-electron chi connectivity index (χ3n) is 5.25. The first-order valence-electron chi connectivity index (χ1n) is 9.88. The SMILES string of the molecule is Cc1ccc(-n2c(C)cc(C(=O)COC(=O)Cn3c(=O)oc4ccccc43)c2C)cc1. The van der Waals surface area contributed by atoms with Gasteiger partial charge in [0.15, 0.2) is 12.2 Å². The lowest BCUT2D eigenvalue weighted by atomic mass is 10.1. The summed E-state index contributed by atoms with van der Waals surface area (Å²) in [5, 5.41) is 0. The summed E-state index contributed by atoms with van der Waals surface area (Å²) < 4.78 is 13.4. The van der Waals surface area contributed by atoms with Crippen LogP contribution < -0.4 is 5.76 Å². The number of aryl methyl sites for hydroxylation is 2. The number of Topliss-reactive ketones (excluding diaryl/α,β-unsaturated/α-hetero) is 1. The Kier molecular flexibility index (Phi) is 5.33. The molecular formula is C24H22N2O5. The molecule has 0 aliphatic carbocycles. The number of carbonyl (C=O) groups excluding carboxylic acids is 2. The van der Waals surface area contributed by atoms with Crippen molar-refractivity contribution in [1.29, 1.82) is 0 Å². The molecule has 0 saturated heterocycles. The summed E-state index contributed by atoms with van der Waals surface area (Å²) in [6.45, 7) is 5.07. The van der Waals surface area contributed by atoms with Gasteiger partial charge in [0.1, 0.15) is 6.54 Å². The van der Waals surface area contributed by atoms with Gasteiger partial charge in [-0.15, -0.1) is 0 Å². The summed E-state index contributed by atoms with van der Waals surface area (Å²) in [6.07, 6.45) is 0. The Hall–Kier alpha value is -3.87. The fraction of sp³-hybridized carbons (Fsp3) is 0.208. The molecule has 0 radical (unpaired) electrons. The Balaban J connectivity index is 1.47. The monoisotopic (exact) mass is 418 g/mol. The van der Waals surface area contributed by atoms with Gasteiger partial charge in [0.05, 0.1) is 5.52 Å². The molecule has 0 N–H and O–H groups in total. The third kappa shape index (κ3) is 3.94. The summed E-state index contributed by atoms with van der Waals surface area (Å²) in [5.74, 6) is -1.63. The first-order chi connectivity index (χ1) is 14.8. The second kappa shape index (κ2) is 8.10. The summed E-state index contributed by atoms with van der Waals surface area (Å²) in [7, 11) is 0. The van der Waals surface area contributed by atoms with E-state index in [2.05, 4.69) is 0 Å². The summed E-state index contributed by atoms with van der Waals surface area (Å²) in [5.41, 5.74) is 5.18. The minimum absolute atomic E-state index is 0.302. The quantitative estimate of drug-likeness (QED) is 0.352. The van der Waals surface area contributed by atoms with Gasteiger partial charge in [-0.2, -0.15) is 0 Å². The smallest absolute Gasteiger partial charge is 0.420 e. The van der Waals surface area contributed by atoms with Gasteiger partial charge >= 0.3 is 11.7 Å². The topological polar surface area (TPSA) is 83.4 Å². The molecule has 0 amide bonds. The molecule has 158 valence electrons. The van der Waals surface area contributed by atoms with E-state index < -0.39 is 18.3 Å². The molecule has 2 aromatic heterocycles. The number of aromatic nitrogens is 2. The van der Waals surface area contributed by atoms with Crippen LogP contribution >= 0.6 is 0 Å². The zero-order chi connectivity index (χ0) is 22.1. The zero-order valence-corrected chi connectivity index (χ0v) is 17.5. The van der Waals surface area contributed by atoms with Gasteiger partial charge in [0, 0.05) is 22.6 Å². The highest BCUT2D eigenvalue weighted by molar-refractivity contribution is 5.99. The minimum Gasteiger partial charge on any atom is -0.456 e. The van der Waals surface area contributed by atoms with Crippen molar-refractivity contribution in [3.8, 4) is 5.69 Å². The predicted molar refractivity (Wildman–Crippen MR) is 116 cm³/mol. The largest absolute Gasteiger partial charge is 0.456 e. The number of hydrogen-bond acceptors (Lipinski definition) is 5. The fourth-order valence-electron chi connectivity index (χ4n) is 3.70. The average Bonchev–Trinajstić information content (AvgIpc) is 3.22. The molecule has 2 aromatic carbocycles. The highest BCUT2D eigenvalue weighted by atomic mass is 16.5. The van der Waals surface area contributed by atoms with Crippen molar-refractivity contribution in [2.75, 3.05) is 6.61 Å². The molecule has 31 heavy (non-hydrogen) atoms. The van der Waals surface area contributed by atoms with E-state index >= 15 is 0 Å². The molecule has 0 spiro atoms. The highest BCUT2D eigenvalue weighted by Gasteiger charge is 2.19. The third-order valence-corrected chi connectivity index (χ3v) is 5.25. The Bertz CT molecular complexity index is 1340. The number of esters is 1. The van der Waals surface area contributed by atoms with Gasteiger partial charge in [-0.1, -0.05) is 29.8 Å². The summed E-state index contributed by atoms with van der Waals surface area (Å²) in [4.78, 5) is 37.0. The molecule has 0 unspecified atom stereocenters. The maximum Gasteiger partial charge on any atom is 0.420 e. The molecule has 0 atom stereocenters. The lowest BCUT2D eigenvalue weighted by molar-refractivity contribution is -0.143. The Morgan fingerprint density at radius 3 is 2.45 bits per heavy atom. The highest BCUT2D eigenvalue weighted by Crippen LogP contribution is 2.22. The minimum atomic E-state index is -0.686. The van der Waals surface area contributed by atoms with E-state index in [9.17, 15) is 14.4 Å². The molecule has 0 aliphatic rings. The molecule has 0 saturated carbocycles. The van der Waals surface area contributed by atoms with Gasteiger partial charge in [0.2, 0.25) is 5.78 Å². The summed E-state index contributed by atoms with van der Waals surface area (Å²) in [6, 6.07) is 16.6. The predicted octanol–water partition coefficient (Wildman–Crippen LogP) is 3.74. The number of oxazole rings is 1. The van der Waals surface area contributed by atoms with Gasteiger partial charge in [-0.25, -0.2) is 4.79 Å². The Labute approximate surface area is 178 Å². The molecule has 0 aliphatic heterocycles. The van der Waals surface area contributed by atoms with E-state index in [4.69, 9.17) is 9.15 Å². The Morgan fingerprint density at radius 2 is 1.71 bits per heavy atom. The van der Waals surface area contributed by atoms with Crippen LogP contribution in [0.25, 0.3) is 16.8 Å². The molecule has 0 bridgehead atoms. The standard InChI is InChI=1S/C24H22N2O5/c1-15-8-10-18(11-9-15)26-16(2)12-19(17(26)3)21(27)14-30-23(28)13-25-20-6-4-5-7-22(20)31-24(25)29/h4-12H,13-14H2,1-3H3. The van der Waals surface area contributed by atoms with Crippen LogP contribution in [-0.2, 0) is 16.1 Å². The molecule has 4 aromatic rings. The van der Waals surface area contributed by atoms with Crippen LogP contribution in [0.4, 0.5) is 0 Å². The van der Waals surface area contributed by atoms with Crippen LogP contribution in [-0.4, -0.2) is 27.5 Å². The molecular weight excluding hydrogens is 396 g/mol. The van der Waals surface area contributed by atoms with Crippen molar-refractivity contribution < 1.29 is 18.7 Å². The number of fused-ring (bicyclic) bond motifs is 1. The van der Waals surface area contributed by atoms with E-state index in [0.717, 1.165) is 22.6 Å². The summed E-state index contributed by atoms with van der Waals surface area (Å²) >= 11 is 0. The van der Waals surface area contributed by atoms with Crippen LogP contribution in [0.15, 0.2) is 63.8 Å². The van der Waals surface area contributed by atoms with Crippen LogP contribution in [0.1, 0.15) is 27.3 Å². The average molecular weight is 418 g/mol. The maximum atomic E-state index is 12.7. The number of ketones is 1. The molecule has 4 rings (SSSR count). The van der Waals surface area contributed by atoms with Crippen LogP contribution in [0.5, 0.6) is 0 Å². The van der Waals surface area contributed by atoms with E-state index in [0.29, 0.717) is 16.7 Å². The number of benzene rings is 2. The first-order valence-corrected chi connectivity index (χ1v) is 9.88. The fourth-order valence-corrected chi connectivity index (χ4v) is 3.70. The number of carbonyl (C=O) groups is 2. The van der Waals surface area contributed by atoms with E-state index in [1.807, 2.05) is 49.6 Å². The number of rotatable bonds is 6. The van der Waals surface area contributed by atoms with Crippen molar-refractivity contribution in [2.24, 2.45) is 0 Å². The number of ether oxygens (including phenoxy) is 1. The van der Waals surface area contributed by atoms with Gasteiger partial charge in [0.25, 0.3) is 0 Å². The maximum absolute atomic E-state index is 12.7. The molecule has 2 heterocycles. The first kappa shape index (κ1) is 20.4. The number of nitrogens with zero attached hydrogens (tertiary/aromatic N) is 2. The van der Waals surface area contributed by atoms with E-state index in [1.54, 1.807) is 30.3 Å². The van der Waals surface area contributed by atoms with Gasteiger partial charge < -0.3 is 13.7 Å². The van der Waals surface area contributed by atoms with Gasteiger partial charge in [-0.3, -0.25) is 14.2 Å². The van der Waals surface area contributed by atoms with E-state index in [1.165, 1.54) is 4.57 Å². The zero-order valence-electron chi connectivity index (χ0n) is 17.5. The Morgan fingerprint density at radius 1 is 1.00 bits per heavy atom. The normalized spacial score (nSPS) is 11.1. The lowest BCUT2D eigenvalue weighted by Crippen LogP contribution is -2.23. The van der Waals surface area contributed by atoms with Crippen LogP contribution in [0.3, 0.4) is 0 Å². The molecule has 0 fully saturated rings. The van der Waals surface area contributed by atoms with E-state index in [-0.39, 0.29) is 12.3 Å². The van der Waals surface area contributed by atoms with Crippen LogP contribution in [0, 0.1) is 20.8 Å². The second-order valence-electron chi connectivity index (χ2n) is 7.46. The molecule has 7 heteroatoms. The number of hydrogen-bond donors (Lipinski definition) is 0. The lowest BCUT2D eigenvalue weighted by Gasteiger charge is -2.10. The van der Waals surface area contributed by atoms with Crippen molar-refractivity contribution >= 4 is 22.9 Å². The van der Waals surface area contributed by atoms with Gasteiger partial charge in [-0.05, 0) is 51.1 Å². The van der Waals surface area contributed by atoms with Crippen molar-refractivity contribution in [3.63, 3.8) is 0 Å². The van der Waals surface area contributed by atoms with Crippen molar-refractivity contribution in [1.82, 2.24) is 9.13 Å².